The summed E-state index contributed by atoms with van der Waals surface area (Å²) in [5, 5.41) is 4.30. The molecule has 2 aromatic rings. The molecular formula is C16H20F3N3O3S. The number of nitrogens with one attached hydrogen (secondary N) is 1. The summed E-state index contributed by atoms with van der Waals surface area (Å²) in [5.74, 6) is -0.892. The number of ether oxygens (including phenoxy) is 1. The lowest BCUT2D eigenvalue weighted by Crippen LogP contribution is -2.31. The minimum absolute atomic E-state index is 0.0427. The van der Waals surface area contributed by atoms with Gasteiger partial charge < -0.3 is 4.74 Å². The Morgan fingerprint density at radius 2 is 1.92 bits per heavy atom. The van der Waals surface area contributed by atoms with E-state index in [1.807, 2.05) is 26.8 Å². The van der Waals surface area contributed by atoms with Crippen molar-refractivity contribution in [1.29, 1.82) is 0 Å². The van der Waals surface area contributed by atoms with Crippen LogP contribution in [0.2, 0.25) is 0 Å². The standard InChI is InChI=1S/C16H20F3N3O3S/c1-11(10-22-13(3)8-12(2)21-22)9-20-26(23,24)15-7-5-4-6-14(15)25-16(17,18)19/h4-8,11,20H,9-10H2,1-3H3. The van der Waals surface area contributed by atoms with E-state index < -0.39 is 27.0 Å². The van der Waals surface area contributed by atoms with Gasteiger partial charge in [0.05, 0.1) is 5.69 Å². The third-order valence-electron chi connectivity index (χ3n) is 3.57. The molecule has 0 aliphatic heterocycles. The van der Waals surface area contributed by atoms with E-state index in [9.17, 15) is 21.6 Å². The molecule has 0 spiro atoms. The molecule has 0 radical (unpaired) electrons. The molecule has 0 aliphatic carbocycles. The van der Waals surface area contributed by atoms with Crippen molar-refractivity contribution in [3.63, 3.8) is 0 Å². The van der Waals surface area contributed by atoms with Crippen molar-refractivity contribution in [3.8, 4) is 5.75 Å². The molecule has 2 rings (SSSR count). The monoisotopic (exact) mass is 391 g/mol. The third kappa shape index (κ3) is 5.46. The quantitative estimate of drug-likeness (QED) is 0.788. The first kappa shape index (κ1) is 20.2. The highest BCUT2D eigenvalue weighted by Gasteiger charge is 2.34. The summed E-state index contributed by atoms with van der Waals surface area (Å²) in [4.78, 5) is -0.560. The number of hydrogen-bond donors (Lipinski definition) is 1. The van der Waals surface area contributed by atoms with Crippen LogP contribution in [0.4, 0.5) is 13.2 Å². The first-order valence-corrected chi connectivity index (χ1v) is 9.32. The van der Waals surface area contributed by atoms with Crippen LogP contribution in [0.25, 0.3) is 0 Å². The summed E-state index contributed by atoms with van der Waals surface area (Å²) in [6, 6.07) is 6.53. The van der Waals surface area contributed by atoms with Crippen LogP contribution in [0.3, 0.4) is 0 Å². The topological polar surface area (TPSA) is 73.2 Å². The molecule has 1 unspecified atom stereocenters. The molecule has 1 aromatic heterocycles. The van der Waals surface area contributed by atoms with Crippen molar-refractivity contribution in [2.75, 3.05) is 6.54 Å². The molecule has 144 valence electrons. The average molecular weight is 391 g/mol. The minimum Gasteiger partial charge on any atom is -0.404 e. The largest absolute Gasteiger partial charge is 0.573 e. The van der Waals surface area contributed by atoms with Crippen LogP contribution in [0, 0.1) is 19.8 Å². The maximum absolute atomic E-state index is 12.5. The molecule has 0 aliphatic rings. The summed E-state index contributed by atoms with van der Waals surface area (Å²) in [6.45, 7) is 6.08. The first-order valence-electron chi connectivity index (χ1n) is 7.83. The second kappa shape index (κ2) is 7.67. The van der Waals surface area contributed by atoms with E-state index in [4.69, 9.17) is 0 Å². The van der Waals surface area contributed by atoms with E-state index in [0.717, 1.165) is 23.5 Å². The van der Waals surface area contributed by atoms with Gasteiger partial charge in [-0.25, -0.2) is 13.1 Å². The summed E-state index contributed by atoms with van der Waals surface area (Å²) >= 11 is 0. The summed E-state index contributed by atoms with van der Waals surface area (Å²) < 4.78 is 70.0. The first-order chi connectivity index (χ1) is 12.0. The zero-order chi connectivity index (χ0) is 19.5. The SMILES string of the molecule is Cc1cc(C)n(CC(C)CNS(=O)(=O)c2ccccc2OC(F)(F)F)n1. The second-order valence-corrected chi connectivity index (χ2v) is 7.80. The van der Waals surface area contributed by atoms with Crippen molar-refractivity contribution in [3.05, 3.63) is 41.7 Å². The van der Waals surface area contributed by atoms with Crippen LogP contribution in [-0.4, -0.2) is 31.1 Å². The van der Waals surface area contributed by atoms with Gasteiger partial charge in [-0.1, -0.05) is 19.1 Å². The lowest BCUT2D eigenvalue weighted by Gasteiger charge is -2.16. The zero-order valence-corrected chi connectivity index (χ0v) is 15.4. The fourth-order valence-electron chi connectivity index (χ4n) is 2.43. The van der Waals surface area contributed by atoms with Crippen LogP contribution < -0.4 is 9.46 Å². The Balaban J connectivity index is 2.08. The normalized spacial score (nSPS) is 13.6. The number of benzene rings is 1. The van der Waals surface area contributed by atoms with Crippen molar-refractivity contribution in [1.82, 2.24) is 14.5 Å². The molecule has 0 fully saturated rings. The molecule has 1 aromatic carbocycles. The highest BCUT2D eigenvalue weighted by Crippen LogP contribution is 2.29. The number of sulfonamides is 1. The van der Waals surface area contributed by atoms with Crippen molar-refractivity contribution >= 4 is 10.0 Å². The Labute approximate surface area is 150 Å². The van der Waals surface area contributed by atoms with Gasteiger partial charge in [0.2, 0.25) is 10.0 Å². The molecule has 0 amide bonds. The summed E-state index contributed by atoms with van der Waals surface area (Å²) in [6.07, 6.45) is -4.98. The molecule has 0 saturated carbocycles. The molecule has 26 heavy (non-hydrogen) atoms. The van der Waals surface area contributed by atoms with Crippen molar-refractivity contribution in [2.24, 2.45) is 5.92 Å². The fourth-order valence-corrected chi connectivity index (χ4v) is 3.72. The second-order valence-electron chi connectivity index (χ2n) is 6.06. The van der Waals surface area contributed by atoms with Crippen LogP contribution in [0.1, 0.15) is 18.3 Å². The van der Waals surface area contributed by atoms with Gasteiger partial charge in [0.15, 0.2) is 0 Å². The predicted molar refractivity (Wildman–Crippen MR) is 89.2 cm³/mol. The van der Waals surface area contributed by atoms with Gasteiger partial charge in [0.1, 0.15) is 10.6 Å². The van der Waals surface area contributed by atoms with Gasteiger partial charge in [-0.3, -0.25) is 4.68 Å². The molecule has 6 nitrogen and oxygen atoms in total. The van der Waals surface area contributed by atoms with Gasteiger partial charge in [0, 0.05) is 18.8 Å². The maximum Gasteiger partial charge on any atom is 0.573 e. The Hall–Kier alpha value is -2.07. The maximum atomic E-state index is 12.5. The summed E-state index contributed by atoms with van der Waals surface area (Å²) in [7, 11) is -4.16. The number of hydrogen-bond acceptors (Lipinski definition) is 4. The number of nitrogens with zero attached hydrogens (tertiary/aromatic N) is 2. The third-order valence-corrected chi connectivity index (χ3v) is 5.04. The number of aromatic nitrogens is 2. The number of alkyl halides is 3. The molecule has 1 atom stereocenters. The highest BCUT2D eigenvalue weighted by molar-refractivity contribution is 7.89. The number of halogens is 3. The Morgan fingerprint density at radius 3 is 2.50 bits per heavy atom. The fraction of sp³-hybridized carbons (Fsp3) is 0.438. The van der Waals surface area contributed by atoms with Gasteiger partial charge in [0.25, 0.3) is 0 Å². The molecular weight excluding hydrogens is 371 g/mol. The van der Waals surface area contributed by atoms with E-state index in [1.54, 1.807) is 4.68 Å². The Kier molecular flexibility index (Phi) is 5.97. The van der Waals surface area contributed by atoms with Crippen molar-refractivity contribution < 1.29 is 26.3 Å². The molecule has 1 heterocycles. The van der Waals surface area contributed by atoms with Gasteiger partial charge in [-0.05, 0) is 38.0 Å². The number of rotatable bonds is 7. The molecule has 0 saturated heterocycles. The minimum atomic E-state index is -4.98. The smallest absolute Gasteiger partial charge is 0.404 e. The molecule has 1 N–H and O–H groups in total. The molecule has 10 heteroatoms. The Bertz CT molecular complexity index is 863. The van der Waals surface area contributed by atoms with E-state index in [2.05, 4.69) is 14.6 Å². The average Bonchev–Trinajstić information content (AvgIpc) is 2.82. The molecule has 0 bridgehead atoms. The highest BCUT2D eigenvalue weighted by atomic mass is 32.2. The summed E-state index contributed by atoms with van der Waals surface area (Å²) in [5.41, 5.74) is 1.80. The van der Waals surface area contributed by atoms with Crippen LogP contribution in [0.15, 0.2) is 35.2 Å². The number of para-hydroxylation sites is 1. The van der Waals surface area contributed by atoms with Gasteiger partial charge in [-0.15, -0.1) is 13.2 Å². The van der Waals surface area contributed by atoms with E-state index in [0.29, 0.717) is 6.54 Å². The predicted octanol–water partition coefficient (Wildman–Crippen LogP) is 3.01. The van der Waals surface area contributed by atoms with Crippen molar-refractivity contribution in [2.45, 2.75) is 38.6 Å². The van der Waals surface area contributed by atoms with Gasteiger partial charge >= 0.3 is 6.36 Å². The Morgan fingerprint density at radius 1 is 1.27 bits per heavy atom. The zero-order valence-electron chi connectivity index (χ0n) is 14.5. The van der Waals surface area contributed by atoms with E-state index >= 15 is 0 Å². The van der Waals surface area contributed by atoms with Gasteiger partial charge in [-0.2, -0.15) is 5.10 Å². The lowest BCUT2D eigenvalue weighted by molar-refractivity contribution is -0.275. The van der Waals surface area contributed by atoms with E-state index in [1.165, 1.54) is 12.1 Å². The van der Waals surface area contributed by atoms with Crippen LogP contribution in [-0.2, 0) is 16.6 Å². The van der Waals surface area contributed by atoms with E-state index in [-0.39, 0.29) is 12.5 Å². The van der Waals surface area contributed by atoms with Crippen LogP contribution >= 0.6 is 0 Å². The lowest BCUT2D eigenvalue weighted by atomic mass is 10.2. The van der Waals surface area contributed by atoms with Crippen LogP contribution in [0.5, 0.6) is 5.75 Å². The number of aryl methyl sites for hydroxylation is 2.